The van der Waals surface area contributed by atoms with Gasteiger partial charge in [0, 0.05) is 11.3 Å². The lowest BCUT2D eigenvalue weighted by Crippen LogP contribution is -2.20. The monoisotopic (exact) mass is 238 g/mol. The molecular formula is C11H11ClN2O2. The minimum Gasteiger partial charge on any atom is -0.324 e. The lowest BCUT2D eigenvalue weighted by molar-refractivity contribution is 0.0990. The zero-order valence-electron chi connectivity index (χ0n) is 9.00. The molecule has 0 aliphatic rings. The van der Waals surface area contributed by atoms with Crippen molar-refractivity contribution < 1.29 is 4.79 Å². The number of nitrogens with zero attached hydrogens (tertiary/aromatic N) is 1. The molecule has 0 radical (unpaired) electrons. The predicted molar refractivity (Wildman–Crippen MR) is 60.8 cm³/mol. The van der Waals surface area contributed by atoms with Crippen LogP contribution in [-0.2, 0) is 6.42 Å². The summed E-state index contributed by atoms with van der Waals surface area (Å²) < 4.78 is 0. The van der Waals surface area contributed by atoms with E-state index in [4.69, 9.17) is 16.9 Å². The van der Waals surface area contributed by atoms with Gasteiger partial charge in [0.05, 0.1) is 5.38 Å². The Kier molecular flexibility index (Phi) is 3.86. The second-order valence-corrected chi connectivity index (χ2v) is 4.00. The van der Waals surface area contributed by atoms with E-state index in [0.29, 0.717) is 17.7 Å². The number of halogens is 1. The third-order valence-electron chi connectivity index (χ3n) is 2.22. The van der Waals surface area contributed by atoms with E-state index in [0.717, 1.165) is 0 Å². The first-order valence-electron chi connectivity index (χ1n) is 4.85. The number of aromatic nitrogens is 1. The molecule has 0 aliphatic heterocycles. The van der Waals surface area contributed by atoms with Gasteiger partial charge in [-0.15, -0.1) is 11.6 Å². The lowest BCUT2D eigenvalue weighted by atomic mass is 10.0. The summed E-state index contributed by atoms with van der Waals surface area (Å²) in [5.74, 6) is -0.286. The molecule has 0 spiro atoms. The Morgan fingerprint density at radius 3 is 2.75 bits per heavy atom. The maximum atomic E-state index is 11.7. The fourth-order valence-corrected chi connectivity index (χ4v) is 1.48. The highest BCUT2D eigenvalue weighted by Crippen LogP contribution is 2.12. The van der Waals surface area contributed by atoms with Crippen molar-refractivity contribution in [1.82, 2.24) is 4.98 Å². The molecule has 0 saturated carbocycles. The number of hydrogen-bond acceptors (Lipinski definition) is 3. The number of alkyl halides is 1. The fourth-order valence-electron chi connectivity index (χ4n) is 1.36. The Balaban J connectivity index is 3.43. The van der Waals surface area contributed by atoms with Crippen LogP contribution in [0.25, 0.3) is 0 Å². The van der Waals surface area contributed by atoms with Crippen molar-refractivity contribution in [2.24, 2.45) is 0 Å². The lowest BCUT2D eigenvalue weighted by Gasteiger charge is -2.08. The van der Waals surface area contributed by atoms with Crippen LogP contribution in [0.15, 0.2) is 10.9 Å². The zero-order valence-corrected chi connectivity index (χ0v) is 9.76. The second-order valence-electron chi connectivity index (χ2n) is 3.35. The van der Waals surface area contributed by atoms with Crippen molar-refractivity contribution in [1.29, 1.82) is 5.26 Å². The third-order valence-corrected chi connectivity index (χ3v) is 2.42. The quantitative estimate of drug-likeness (QED) is 0.642. The van der Waals surface area contributed by atoms with Gasteiger partial charge in [-0.25, -0.2) is 0 Å². The molecule has 5 heteroatoms. The topological polar surface area (TPSA) is 73.7 Å². The number of rotatable bonds is 3. The van der Waals surface area contributed by atoms with Crippen LogP contribution in [0.1, 0.15) is 35.5 Å². The molecule has 1 heterocycles. The molecule has 0 saturated heterocycles. The van der Waals surface area contributed by atoms with Crippen LogP contribution < -0.4 is 5.56 Å². The minimum absolute atomic E-state index is 0.0714. The number of carbonyl (C=O) groups is 1. The average Bonchev–Trinajstić information content (AvgIpc) is 2.27. The predicted octanol–water partition coefficient (Wildman–Crippen LogP) is 1.62. The van der Waals surface area contributed by atoms with Gasteiger partial charge in [0.2, 0.25) is 0 Å². The standard InChI is InChI=1S/C11H11ClN2O2/c1-3-9-8(10(15)6(2)12)4-7(5-13)11(16)14-9/h4,6H,3H2,1-2H3,(H,14,16). The molecule has 4 nitrogen and oxygen atoms in total. The first-order chi connectivity index (χ1) is 7.51. The number of nitrogens with one attached hydrogen (secondary N) is 1. The van der Waals surface area contributed by atoms with E-state index in [1.54, 1.807) is 13.0 Å². The van der Waals surface area contributed by atoms with Crippen molar-refractivity contribution in [3.05, 3.63) is 33.2 Å². The molecule has 0 aromatic carbocycles. The number of aromatic amines is 1. The van der Waals surface area contributed by atoms with Gasteiger partial charge in [-0.05, 0) is 19.4 Å². The van der Waals surface area contributed by atoms with Gasteiger partial charge < -0.3 is 4.98 Å². The number of Topliss-reactive ketones (excluding diaryl/α,β-unsaturated/α-hetero) is 1. The van der Waals surface area contributed by atoms with Gasteiger partial charge >= 0.3 is 0 Å². The smallest absolute Gasteiger partial charge is 0.266 e. The maximum absolute atomic E-state index is 11.7. The van der Waals surface area contributed by atoms with Crippen molar-refractivity contribution in [3.8, 4) is 6.07 Å². The number of aryl methyl sites for hydroxylation is 1. The molecule has 1 N–H and O–H groups in total. The maximum Gasteiger partial charge on any atom is 0.266 e. The molecule has 0 fully saturated rings. The summed E-state index contributed by atoms with van der Waals surface area (Å²) in [4.78, 5) is 25.6. The largest absolute Gasteiger partial charge is 0.324 e. The molecule has 1 aromatic rings. The Morgan fingerprint density at radius 1 is 1.69 bits per heavy atom. The highest BCUT2D eigenvalue weighted by Gasteiger charge is 2.18. The molecule has 1 atom stereocenters. The van der Waals surface area contributed by atoms with Crippen molar-refractivity contribution >= 4 is 17.4 Å². The SMILES string of the molecule is CCc1[nH]c(=O)c(C#N)cc1C(=O)C(C)Cl. The Morgan fingerprint density at radius 2 is 2.31 bits per heavy atom. The molecule has 0 aliphatic carbocycles. The normalized spacial score (nSPS) is 11.9. The molecular weight excluding hydrogens is 228 g/mol. The van der Waals surface area contributed by atoms with E-state index in [1.165, 1.54) is 6.07 Å². The first kappa shape index (κ1) is 12.5. The molecule has 84 valence electrons. The fraction of sp³-hybridized carbons (Fsp3) is 0.364. The first-order valence-corrected chi connectivity index (χ1v) is 5.29. The molecule has 16 heavy (non-hydrogen) atoms. The van der Waals surface area contributed by atoms with E-state index in [2.05, 4.69) is 4.98 Å². The Labute approximate surface area is 97.9 Å². The molecule has 1 rings (SSSR count). The summed E-state index contributed by atoms with van der Waals surface area (Å²) in [7, 11) is 0. The van der Waals surface area contributed by atoms with Crippen LogP contribution in [0.4, 0.5) is 0 Å². The van der Waals surface area contributed by atoms with E-state index in [9.17, 15) is 9.59 Å². The van der Waals surface area contributed by atoms with Gasteiger partial charge in [-0.1, -0.05) is 6.92 Å². The average molecular weight is 239 g/mol. The summed E-state index contributed by atoms with van der Waals surface area (Å²) in [6.45, 7) is 3.37. The van der Waals surface area contributed by atoms with Gasteiger partial charge in [-0.3, -0.25) is 9.59 Å². The van der Waals surface area contributed by atoms with Crippen LogP contribution in [0.2, 0.25) is 0 Å². The number of ketones is 1. The van der Waals surface area contributed by atoms with Crippen molar-refractivity contribution in [2.75, 3.05) is 0 Å². The van der Waals surface area contributed by atoms with Crippen molar-refractivity contribution in [3.63, 3.8) is 0 Å². The molecule has 1 unspecified atom stereocenters. The van der Waals surface area contributed by atoms with Crippen molar-refractivity contribution in [2.45, 2.75) is 25.6 Å². The number of hydrogen-bond donors (Lipinski definition) is 1. The number of pyridine rings is 1. The summed E-state index contributed by atoms with van der Waals surface area (Å²) >= 11 is 5.70. The van der Waals surface area contributed by atoms with Crippen LogP contribution in [0, 0.1) is 11.3 Å². The Hall–Kier alpha value is -1.60. The van der Waals surface area contributed by atoms with E-state index < -0.39 is 10.9 Å². The minimum atomic E-state index is -0.678. The van der Waals surface area contributed by atoms with Gasteiger partial charge in [-0.2, -0.15) is 5.26 Å². The zero-order chi connectivity index (χ0) is 12.3. The van der Waals surface area contributed by atoms with E-state index in [-0.39, 0.29) is 11.3 Å². The summed E-state index contributed by atoms with van der Waals surface area (Å²) in [6.07, 6.45) is 0.506. The third kappa shape index (κ3) is 2.31. The van der Waals surface area contributed by atoms with Crippen LogP contribution in [-0.4, -0.2) is 16.1 Å². The van der Waals surface area contributed by atoms with Crippen LogP contribution in [0.3, 0.4) is 0 Å². The number of nitriles is 1. The second kappa shape index (κ2) is 4.95. The highest BCUT2D eigenvalue weighted by atomic mass is 35.5. The van der Waals surface area contributed by atoms with Crippen LogP contribution >= 0.6 is 11.6 Å². The molecule has 0 amide bonds. The summed E-state index contributed by atoms with van der Waals surface area (Å²) in [6, 6.07) is 3.05. The highest BCUT2D eigenvalue weighted by molar-refractivity contribution is 6.33. The summed E-state index contributed by atoms with van der Waals surface area (Å²) in [5, 5.41) is 8.03. The molecule has 0 bridgehead atoms. The number of carbonyl (C=O) groups excluding carboxylic acids is 1. The number of H-pyrrole nitrogens is 1. The summed E-state index contributed by atoms with van der Waals surface area (Å²) in [5.41, 5.74) is 0.290. The van der Waals surface area contributed by atoms with Gasteiger partial charge in [0.15, 0.2) is 5.78 Å². The van der Waals surface area contributed by atoms with Gasteiger partial charge in [0.1, 0.15) is 11.6 Å². The van der Waals surface area contributed by atoms with E-state index in [1.807, 2.05) is 6.92 Å². The van der Waals surface area contributed by atoms with Gasteiger partial charge in [0.25, 0.3) is 5.56 Å². The Bertz CT molecular complexity index is 512. The van der Waals surface area contributed by atoms with E-state index >= 15 is 0 Å². The van der Waals surface area contributed by atoms with Crippen LogP contribution in [0.5, 0.6) is 0 Å². The molecule has 1 aromatic heterocycles.